The highest BCUT2D eigenvalue weighted by atomic mass is 14.8. The van der Waals surface area contributed by atoms with Crippen molar-refractivity contribution in [2.75, 3.05) is 0 Å². The molecule has 1 heteroatoms. The molecule has 0 radical (unpaired) electrons. The fraction of sp³-hybridized carbons (Fsp3) is 1.00. The quantitative estimate of drug-likeness (QED) is 0.726. The zero-order chi connectivity index (χ0) is 12.6. The molecule has 0 heterocycles. The molecule has 0 aromatic carbocycles. The molecule has 0 spiro atoms. The van der Waals surface area contributed by atoms with Crippen molar-refractivity contribution in [2.24, 2.45) is 35.3 Å². The SMILES string of the molecule is CC1CCC(C)C(N)(C2CCC(C)C(C)C2)C1. The standard InChI is InChI=1S/C16H31N/c1-11-5-7-14(4)16(17,10-11)15-8-6-12(2)13(3)9-15/h11-15H,5-10,17H2,1-4H3. The second-order valence-corrected chi connectivity index (χ2v) is 7.36. The predicted octanol–water partition coefficient (Wildman–Crippen LogP) is 4.21. The first-order valence-electron chi connectivity index (χ1n) is 7.72. The van der Waals surface area contributed by atoms with Crippen LogP contribution in [0.3, 0.4) is 0 Å². The maximum Gasteiger partial charge on any atom is 0.0211 e. The molecule has 0 amide bonds. The Morgan fingerprint density at radius 1 is 0.882 bits per heavy atom. The summed E-state index contributed by atoms with van der Waals surface area (Å²) < 4.78 is 0. The van der Waals surface area contributed by atoms with Crippen LogP contribution >= 0.6 is 0 Å². The van der Waals surface area contributed by atoms with Crippen molar-refractivity contribution in [1.29, 1.82) is 0 Å². The summed E-state index contributed by atoms with van der Waals surface area (Å²) in [5.41, 5.74) is 7.02. The van der Waals surface area contributed by atoms with Crippen LogP contribution in [0, 0.1) is 29.6 Å². The van der Waals surface area contributed by atoms with Gasteiger partial charge in [0.15, 0.2) is 0 Å². The van der Waals surface area contributed by atoms with Crippen molar-refractivity contribution < 1.29 is 0 Å². The van der Waals surface area contributed by atoms with E-state index in [1.807, 2.05) is 0 Å². The van der Waals surface area contributed by atoms with Gasteiger partial charge in [0.05, 0.1) is 0 Å². The van der Waals surface area contributed by atoms with Gasteiger partial charge in [-0.15, -0.1) is 0 Å². The minimum Gasteiger partial charge on any atom is -0.325 e. The van der Waals surface area contributed by atoms with E-state index in [9.17, 15) is 0 Å². The lowest BCUT2D eigenvalue weighted by atomic mass is 9.59. The largest absolute Gasteiger partial charge is 0.325 e. The number of hydrogen-bond acceptors (Lipinski definition) is 1. The average molecular weight is 237 g/mol. The van der Waals surface area contributed by atoms with Crippen molar-refractivity contribution in [3.05, 3.63) is 0 Å². The van der Waals surface area contributed by atoms with E-state index in [1.54, 1.807) is 0 Å². The van der Waals surface area contributed by atoms with Crippen LogP contribution in [-0.4, -0.2) is 5.54 Å². The first-order chi connectivity index (χ1) is 7.93. The first-order valence-corrected chi connectivity index (χ1v) is 7.72. The molecule has 2 aliphatic carbocycles. The normalized spacial score (nSPS) is 52.4. The lowest BCUT2D eigenvalue weighted by molar-refractivity contribution is 0.0487. The molecule has 2 rings (SSSR count). The van der Waals surface area contributed by atoms with Gasteiger partial charge >= 0.3 is 0 Å². The summed E-state index contributed by atoms with van der Waals surface area (Å²) in [5, 5.41) is 0. The van der Waals surface area contributed by atoms with Gasteiger partial charge in [0.2, 0.25) is 0 Å². The number of nitrogens with two attached hydrogens (primary N) is 1. The Labute approximate surface area is 108 Å². The van der Waals surface area contributed by atoms with Crippen molar-refractivity contribution in [2.45, 2.75) is 71.8 Å². The molecule has 0 saturated heterocycles. The number of rotatable bonds is 1. The summed E-state index contributed by atoms with van der Waals surface area (Å²) in [6, 6.07) is 0. The maximum absolute atomic E-state index is 6.88. The van der Waals surface area contributed by atoms with E-state index < -0.39 is 0 Å². The van der Waals surface area contributed by atoms with Crippen LogP contribution in [0.2, 0.25) is 0 Å². The molecule has 6 unspecified atom stereocenters. The highest BCUT2D eigenvalue weighted by molar-refractivity contribution is 5.01. The highest BCUT2D eigenvalue weighted by Crippen LogP contribution is 2.47. The Morgan fingerprint density at radius 3 is 2.24 bits per heavy atom. The summed E-state index contributed by atoms with van der Waals surface area (Å²) in [6.07, 6.45) is 8.14. The Balaban J connectivity index is 2.08. The Bertz CT molecular complexity index is 262. The smallest absolute Gasteiger partial charge is 0.0211 e. The zero-order valence-corrected chi connectivity index (χ0v) is 12.2. The van der Waals surface area contributed by atoms with E-state index in [4.69, 9.17) is 5.73 Å². The van der Waals surface area contributed by atoms with Crippen molar-refractivity contribution in [1.82, 2.24) is 0 Å². The second kappa shape index (κ2) is 4.91. The molecule has 0 aromatic heterocycles. The molecule has 2 aliphatic rings. The van der Waals surface area contributed by atoms with E-state index in [1.165, 1.54) is 38.5 Å². The lowest BCUT2D eigenvalue weighted by Gasteiger charge is -2.50. The Hall–Kier alpha value is -0.0400. The fourth-order valence-corrected chi connectivity index (χ4v) is 4.31. The van der Waals surface area contributed by atoms with Crippen LogP contribution in [0.1, 0.15) is 66.2 Å². The van der Waals surface area contributed by atoms with Gasteiger partial charge in [0.25, 0.3) is 0 Å². The molecule has 2 N–H and O–H groups in total. The van der Waals surface area contributed by atoms with E-state index >= 15 is 0 Å². The third-order valence-electron chi connectivity index (χ3n) is 6.07. The third-order valence-corrected chi connectivity index (χ3v) is 6.07. The molecule has 2 saturated carbocycles. The molecule has 0 aromatic rings. The fourth-order valence-electron chi connectivity index (χ4n) is 4.31. The van der Waals surface area contributed by atoms with Crippen molar-refractivity contribution in [3.8, 4) is 0 Å². The Morgan fingerprint density at radius 2 is 1.59 bits per heavy atom. The molecule has 2 fully saturated rings. The van der Waals surface area contributed by atoms with Crippen LogP contribution in [0.15, 0.2) is 0 Å². The van der Waals surface area contributed by atoms with Crippen LogP contribution in [0.4, 0.5) is 0 Å². The van der Waals surface area contributed by atoms with E-state index in [-0.39, 0.29) is 5.54 Å². The maximum atomic E-state index is 6.88. The molecular formula is C16H31N. The van der Waals surface area contributed by atoms with Crippen molar-refractivity contribution in [3.63, 3.8) is 0 Å². The van der Waals surface area contributed by atoms with Crippen LogP contribution in [0.5, 0.6) is 0 Å². The third kappa shape index (κ3) is 2.54. The molecule has 17 heavy (non-hydrogen) atoms. The van der Waals surface area contributed by atoms with Crippen LogP contribution in [0.25, 0.3) is 0 Å². The molecule has 6 atom stereocenters. The summed E-state index contributed by atoms with van der Waals surface area (Å²) in [7, 11) is 0. The molecule has 100 valence electrons. The topological polar surface area (TPSA) is 26.0 Å². The monoisotopic (exact) mass is 237 g/mol. The second-order valence-electron chi connectivity index (χ2n) is 7.36. The summed E-state index contributed by atoms with van der Waals surface area (Å²) >= 11 is 0. The van der Waals surface area contributed by atoms with Gasteiger partial charge in [0, 0.05) is 5.54 Å². The predicted molar refractivity (Wildman–Crippen MR) is 74.8 cm³/mol. The lowest BCUT2D eigenvalue weighted by Crippen LogP contribution is -2.56. The zero-order valence-electron chi connectivity index (χ0n) is 12.2. The Kier molecular flexibility index (Phi) is 3.87. The van der Waals surface area contributed by atoms with Gasteiger partial charge in [-0.2, -0.15) is 0 Å². The molecule has 0 aliphatic heterocycles. The van der Waals surface area contributed by atoms with E-state index in [0.717, 1.165) is 29.6 Å². The minimum atomic E-state index is 0.145. The summed E-state index contributed by atoms with van der Waals surface area (Å²) in [6.45, 7) is 9.63. The average Bonchev–Trinajstić information content (AvgIpc) is 2.28. The van der Waals surface area contributed by atoms with Gasteiger partial charge in [-0.05, 0) is 55.3 Å². The summed E-state index contributed by atoms with van der Waals surface area (Å²) in [5.74, 6) is 4.13. The first kappa shape index (κ1) is 13.4. The van der Waals surface area contributed by atoms with Crippen LogP contribution < -0.4 is 5.73 Å². The minimum absolute atomic E-state index is 0.145. The highest BCUT2D eigenvalue weighted by Gasteiger charge is 2.45. The van der Waals surface area contributed by atoms with Gasteiger partial charge in [-0.3, -0.25) is 0 Å². The van der Waals surface area contributed by atoms with Gasteiger partial charge in [-0.25, -0.2) is 0 Å². The molecule has 0 bridgehead atoms. The molecular weight excluding hydrogens is 206 g/mol. The van der Waals surface area contributed by atoms with Crippen LogP contribution in [-0.2, 0) is 0 Å². The van der Waals surface area contributed by atoms with E-state index in [0.29, 0.717) is 0 Å². The van der Waals surface area contributed by atoms with Gasteiger partial charge < -0.3 is 5.73 Å². The molecule has 1 nitrogen and oxygen atoms in total. The van der Waals surface area contributed by atoms with Gasteiger partial charge in [0.1, 0.15) is 0 Å². The number of hydrogen-bond donors (Lipinski definition) is 1. The summed E-state index contributed by atoms with van der Waals surface area (Å²) in [4.78, 5) is 0. The van der Waals surface area contributed by atoms with Gasteiger partial charge in [-0.1, -0.05) is 40.5 Å². The van der Waals surface area contributed by atoms with E-state index in [2.05, 4.69) is 27.7 Å². The van der Waals surface area contributed by atoms with Crippen molar-refractivity contribution >= 4 is 0 Å².